The second-order valence-electron chi connectivity index (χ2n) is 15.8. The molecule has 3 aliphatic carbocycles. The Morgan fingerprint density at radius 1 is 1.10 bits per heavy atom. The van der Waals surface area contributed by atoms with Crippen molar-refractivity contribution in [3.05, 3.63) is 11.6 Å². The van der Waals surface area contributed by atoms with Crippen molar-refractivity contribution in [3.63, 3.8) is 0 Å². The lowest BCUT2D eigenvalue weighted by Crippen LogP contribution is -2.63. The van der Waals surface area contributed by atoms with Gasteiger partial charge < -0.3 is 9.47 Å². The molecule has 0 bridgehead atoms. The first kappa shape index (κ1) is 30.9. The third-order valence-corrected chi connectivity index (χ3v) is 12.3. The number of esters is 1. The van der Waals surface area contributed by atoms with E-state index in [9.17, 15) is 19.6 Å². The van der Waals surface area contributed by atoms with E-state index in [1.807, 2.05) is 26.8 Å². The summed E-state index contributed by atoms with van der Waals surface area (Å²) in [4.78, 5) is 40.2. The highest BCUT2D eigenvalue weighted by molar-refractivity contribution is 6.00. The molecular formula is C34H51NO5. The summed E-state index contributed by atoms with van der Waals surface area (Å²) in [7, 11) is 1.47. The van der Waals surface area contributed by atoms with Gasteiger partial charge in [-0.3, -0.25) is 14.4 Å². The number of ether oxygens (including phenoxy) is 2. The van der Waals surface area contributed by atoms with Crippen LogP contribution in [0, 0.1) is 49.7 Å². The van der Waals surface area contributed by atoms with Crippen LogP contribution in [0.2, 0.25) is 0 Å². The SMILES string of the molecule is CCCC(C)(C)CC[C@@](C)(CC[C@]1(C)CC(=O)C=C2[C@]3(C)[C@@H](CC[C@]21C)C(C)(C)C(=O)[C@@]1(C#N)O[C@@H]31)C(=O)OC. The molecule has 0 aromatic rings. The van der Waals surface area contributed by atoms with E-state index in [2.05, 4.69) is 47.6 Å². The number of allylic oxidation sites excluding steroid dienone is 1. The number of Topliss-reactive ketones (excluding diaryl/α,β-unsaturated/α-hetero) is 1. The first-order chi connectivity index (χ1) is 18.3. The van der Waals surface area contributed by atoms with Crippen molar-refractivity contribution >= 4 is 17.5 Å². The lowest BCUT2D eigenvalue weighted by Gasteiger charge is -2.63. The fraction of sp³-hybridized carbons (Fsp3) is 0.824. The summed E-state index contributed by atoms with van der Waals surface area (Å²) < 4.78 is 11.4. The number of ketones is 2. The zero-order chi connectivity index (χ0) is 30.2. The Morgan fingerprint density at radius 3 is 2.33 bits per heavy atom. The Bertz CT molecular complexity index is 1180. The van der Waals surface area contributed by atoms with Crippen LogP contribution in [0.25, 0.3) is 0 Å². The summed E-state index contributed by atoms with van der Waals surface area (Å²) in [5, 5.41) is 10.1. The lowest BCUT2D eigenvalue weighted by atomic mass is 9.38. The number of carbonyl (C=O) groups is 3. The molecule has 6 nitrogen and oxygen atoms in total. The molecule has 4 aliphatic rings. The number of hydrogen-bond acceptors (Lipinski definition) is 6. The van der Waals surface area contributed by atoms with Crippen molar-refractivity contribution in [2.75, 3.05) is 7.11 Å². The predicted molar refractivity (Wildman–Crippen MR) is 154 cm³/mol. The van der Waals surface area contributed by atoms with E-state index in [4.69, 9.17) is 9.47 Å². The number of carbonyl (C=O) groups excluding carboxylic acids is 3. The second kappa shape index (κ2) is 9.51. The number of nitrogens with zero attached hydrogens (tertiary/aromatic N) is 1. The Morgan fingerprint density at radius 2 is 1.75 bits per heavy atom. The van der Waals surface area contributed by atoms with Gasteiger partial charge in [0.25, 0.3) is 0 Å². The van der Waals surface area contributed by atoms with Crippen molar-refractivity contribution in [2.24, 2.45) is 38.4 Å². The van der Waals surface area contributed by atoms with Crippen molar-refractivity contribution < 1.29 is 23.9 Å². The molecule has 0 unspecified atom stereocenters. The summed E-state index contributed by atoms with van der Waals surface area (Å²) in [6.07, 6.45) is 8.64. The molecule has 2 saturated carbocycles. The van der Waals surface area contributed by atoms with Crippen LogP contribution in [-0.4, -0.2) is 36.4 Å². The zero-order valence-electron chi connectivity index (χ0n) is 26.6. The van der Waals surface area contributed by atoms with Crippen LogP contribution in [0.3, 0.4) is 0 Å². The lowest BCUT2D eigenvalue weighted by molar-refractivity contribution is -0.154. The van der Waals surface area contributed by atoms with E-state index in [-0.39, 0.29) is 39.7 Å². The third kappa shape index (κ3) is 4.24. The highest BCUT2D eigenvalue weighted by Gasteiger charge is 2.81. The summed E-state index contributed by atoms with van der Waals surface area (Å²) >= 11 is 0. The van der Waals surface area contributed by atoms with Gasteiger partial charge >= 0.3 is 5.97 Å². The van der Waals surface area contributed by atoms with Crippen molar-refractivity contribution in [1.29, 1.82) is 5.26 Å². The van der Waals surface area contributed by atoms with E-state index >= 15 is 0 Å². The summed E-state index contributed by atoms with van der Waals surface area (Å²) in [6.45, 7) is 19.3. The Labute approximate surface area is 241 Å². The molecule has 0 amide bonds. The standard InChI is InChI=1S/C34H51NO5/c1-11-13-28(2,3)15-16-30(6,27(38)39-10)17-18-31(7)20-22(36)19-24-32(31,8)14-12-23-29(4,5)25(37)34(21-35)26(40-34)33(23,24)9/h19,23,26H,11-18,20H2,1-10H3/t23-,26-,30-,31+,32+,33-,34+/m0/s1. The molecular weight excluding hydrogens is 502 g/mol. The van der Waals surface area contributed by atoms with Gasteiger partial charge in [0.1, 0.15) is 12.2 Å². The van der Waals surface area contributed by atoms with Crippen molar-refractivity contribution in [1.82, 2.24) is 0 Å². The number of rotatable bonds is 9. The van der Waals surface area contributed by atoms with Crippen LogP contribution in [0.1, 0.15) is 120 Å². The normalized spacial score (nSPS) is 39.6. The van der Waals surface area contributed by atoms with E-state index in [1.54, 1.807) is 0 Å². The molecule has 0 aromatic heterocycles. The molecule has 40 heavy (non-hydrogen) atoms. The molecule has 6 heteroatoms. The number of hydrogen-bond donors (Lipinski definition) is 0. The number of methoxy groups -OCH3 is 1. The summed E-state index contributed by atoms with van der Waals surface area (Å²) in [5.74, 6) is -0.237. The topological polar surface area (TPSA) is 96.8 Å². The fourth-order valence-electron chi connectivity index (χ4n) is 9.37. The highest BCUT2D eigenvalue weighted by Crippen LogP contribution is 2.74. The third-order valence-electron chi connectivity index (χ3n) is 12.3. The number of epoxide rings is 1. The Balaban J connectivity index is 1.68. The fourth-order valence-corrected chi connectivity index (χ4v) is 9.37. The van der Waals surface area contributed by atoms with Crippen LogP contribution < -0.4 is 0 Å². The Kier molecular flexibility index (Phi) is 7.36. The van der Waals surface area contributed by atoms with Crippen molar-refractivity contribution in [3.8, 4) is 6.07 Å². The minimum absolute atomic E-state index is 0.0166. The van der Waals surface area contributed by atoms with E-state index in [0.717, 1.165) is 44.1 Å². The second-order valence-corrected chi connectivity index (χ2v) is 15.8. The quantitative estimate of drug-likeness (QED) is 0.222. The minimum atomic E-state index is -1.42. The van der Waals surface area contributed by atoms with Gasteiger partial charge in [-0.1, -0.05) is 67.4 Å². The summed E-state index contributed by atoms with van der Waals surface area (Å²) in [6, 6.07) is 2.22. The number of nitriles is 1. The average Bonchev–Trinajstić information content (AvgIpc) is 3.63. The number of fused-ring (bicyclic) bond motifs is 5. The first-order valence-corrected chi connectivity index (χ1v) is 15.3. The van der Waals surface area contributed by atoms with Gasteiger partial charge in [-0.2, -0.15) is 5.26 Å². The van der Waals surface area contributed by atoms with Gasteiger partial charge in [-0.15, -0.1) is 0 Å². The monoisotopic (exact) mass is 553 g/mol. The molecule has 222 valence electrons. The molecule has 1 heterocycles. The van der Waals surface area contributed by atoms with Crippen LogP contribution in [-0.2, 0) is 23.9 Å². The largest absolute Gasteiger partial charge is 0.469 e. The van der Waals surface area contributed by atoms with E-state index in [1.165, 1.54) is 7.11 Å². The average molecular weight is 554 g/mol. The molecule has 1 saturated heterocycles. The van der Waals surface area contributed by atoms with E-state index < -0.39 is 27.9 Å². The van der Waals surface area contributed by atoms with Gasteiger partial charge in [-0.25, -0.2) is 0 Å². The molecule has 0 aromatic carbocycles. The summed E-state index contributed by atoms with van der Waals surface area (Å²) in [5.41, 5.74) is -2.90. The predicted octanol–water partition coefficient (Wildman–Crippen LogP) is 7.15. The maximum atomic E-state index is 13.5. The molecule has 0 spiro atoms. The minimum Gasteiger partial charge on any atom is -0.469 e. The van der Waals surface area contributed by atoms with Crippen LogP contribution in [0.4, 0.5) is 0 Å². The molecule has 3 fully saturated rings. The molecule has 7 atom stereocenters. The van der Waals surface area contributed by atoms with E-state index in [0.29, 0.717) is 19.3 Å². The van der Waals surface area contributed by atoms with Gasteiger partial charge in [0.05, 0.1) is 12.5 Å². The maximum Gasteiger partial charge on any atom is 0.311 e. The van der Waals surface area contributed by atoms with Crippen LogP contribution >= 0.6 is 0 Å². The Hall–Kier alpha value is -2.00. The molecule has 0 N–H and O–H groups in total. The molecule has 1 aliphatic heterocycles. The van der Waals surface area contributed by atoms with Crippen molar-refractivity contribution in [2.45, 2.75) is 132 Å². The smallest absolute Gasteiger partial charge is 0.311 e. The highest BCUT2D eigenvalue weighted by atomic mass is 16.6. The first-order valence-electron chi connectivity index (χ1n) is 15.3. The zero-order valence-corrected chi connectivity index (χ0v) is 26.6. The van der Waals surface area contributed by atoms with Gasteiger partial charge in [0.2, 0.25) is 5.60 Å². The molecule has 4 rings (SSSR count). The van der Waals surface area contributed by atoms with Gasteiger partial charge in [0.15, 0.2) is 11.6 Å². The van der Waals surface area contributed by atoms with Gasteiger partial charge in [0, 0.05) is 17.3 Å². The van der Waals surface area contributed by atoms with Crippen LogP contribution in [0.15, 0.2) is 11.6 Å². The molecule has 0 radical (unpaired) electrons. The van der Waals surface area contributed by atoms with Crippen LogP contribution in [0.5, 0.6) is 0 Å². The maximum absolute atomic E-state index is 13.5. The van der Waals surface area contributed by atoms with Gasteiger partial charge in [-0.05, 0) is 80.1 Å².